The molecule has 1 aliphatic rings. The van der Waals surface area contributed by atoms with Gasteiger partial charge in [0.15, 0.2) is 0 Å². The van der Waals surface area contributed by atoms with Crippen molar-refractivity contribution in [2.24, 2.45) is 0 Å². The Balaban J connectivity index is 1.71. The van der Waals surface area contributed by atoms with Gasteiger partial charge in [-0.15, -0.1) is 0 Å². The standard InChI is InChI=1S/C20H26N2O2S/c1-16(2)18-7-9-20(10-8-18)25(23,24)22-13-11-21(12-14-22)19-6-4-5-17(3)15-19/h4-10,15-16H,11-14H2,1-3H3. The molecule has 1 saturated heterocycles. The number of anilines is 1. The highest BCUT2D eigenvalue weighted by molar-refractivity contribution is 7.89. The SMILES string of the molecule is Cc1cccc(N2CCN(S(=O)(=O)c3ccc(C(C)C)cc3)CC2)c1. The summed E-state index contributed by atoms with van der Waals surface area (Å²) in [6.07, 6.45) is 0. The zero-order valence-corrected chi connectivity index (χ0v) is 16.0. The van der Waals surface area contributed by atoms with E-state index in [-0.39, 0.29) is 0 Å². The summed E-state index contributed by atoms with van der Waals surface area (Å²) in [5.41, 5.74) is 3.54. The van der Waals surface area contributed by atoms with Crippen LogP contribution in [-0.2, 0) is 10.0 Å². The average Bonchev–Trinajstić information content (AvgIpc) is 2.62. The fourth-order valence-electron chi connectivity index (χ4n) is 3.19. The normalized spacial score (nSPS) is 16.4. The number of hydrogen-bond donors (Lipinski definition) is 0. The highest BCUT2D eigenvalue weighted by atomic mass is 32.2. The van der Waals surface area contributed by atoms with Crippen molar-refractivity contribution < 1.29 is 8.42 Å². The van der Waals surface area contributed by atoms with Crippen LogP contribution in [0.5, 0.6) is 0 Å². The summed E-state index contributed by atoms with van der Waals surface area (Å²) in [5.74, 6) is 0.398. The number of nitrogens with zero attached hydrogens (tertiary/aromatic N) is 2. The molecule has 0 atom stereocenters. The van der Waals surface area contributed by atoms with E-state index < -0.39 is 10.0 Å². The van der Waals surface area contributed by atoms with Crippen molar-refractivity contribution in [3.05, 3.63) is 59.7 Å². The molecule has 0 unspecified atom stereocenters. The predicted molar refractivity (Wildman–Crippen MR) is 103 cm³/mol. The van der Waals surface area contributed by atoms with Crippen LogP contribution < -0.4 is 4.90 Å². The average molecular weight is 359 g/mol. The number of rotatable bonds is 4. The Morgan fingerprint density at radius 1 is 0.920 bits per heavy atom. The Morgan fingerprint density at radius 2 is 1.56 bits per heavy atom. The van der Waals surface area contributed by atoms with Gasteiger partial charge in [-0.3, -0.25) is 0 Å². The van der Waals surface area contributed by atoms with Crippen molar-refractivity contribution >= 4 is 15.7 Å². The molecule has 0 amide bonds. The number of benzene rings is 2. The van der Waals surface area contributed by atoms with Gasteiger partial charge in [-0.05, 0) is 48.2 Å². The van der Waals surface area contributed by atoms with Crippen LogP contribution in [0.3, 0.4) is 0 Å². The van der Waals surface area contributed by atoms with Crippen LogP contribution in [0.25, 0.3) is 0 Å². The van der Waals surface area contributed by atoms with Gasteiger partial charge in [-0.1, -0.05) is 38.1 Å². The lowest BCUT2D eigenvalue weighted by Gasteiger charge is -2.35. The lowest BCUT2D eigenvalue weighted by molar-refractivity contribution is 0.385. The lowest BCUT2D eigenvalue weighted by atomic mass is 10.0. The Hall–Kier alpha value is -1.85. The molecule has 0 aliphatic carbocycles. The summed E-state index contributed by atoms with van der Waals surface area (Å²) >= 11 is 0. The highest BCUT2D eigenvalue weighted by Gasteiger charge is 2.28. The maximum absolute atomic E-state index is 12.9. The van der Waals surface area contributed by atoms with E-state index in [4.69, 9.17) is 0 Å². The molecule has 134 valence electrons. The molecule has 3 rings (SSSR count). The summed E-state index contributed by atoms with van der Waals surface area (Å²) < 4.78 is 27.3. The molecule has 0 N–H and O–H groups in total. The third-order valence-corrected chi connectivity index (χ3v) is 6.70. The van der Waals surface area contributed by atoms with Crippen LogP contribution in [0.1, 0.15) is 30.9 Å². The Kier molecular flexibility index (Phi) is 5.16. The third kappa shape index (κ3) is 3.88. The minimum atomic E-state index is -3.41. The van der Waals surface area contributed by atoms with E-state index in [1.807, 2.05) is 18.2 Å². The molecule has 25 heavy (non-hydrogen) atoms. The minimum Gasteiger partial charge on any atom is -0.369 e. The molecule has 5 heteroatoms. The fraction of sp³-hybridized carbons (Fsp3) is 0.400. The molecule has 4 nitrogen and oxygen atoms in total. The predicted octanol–water partition coefficient (Wildman–Crippen LogP) is 3.63. The summed E-state index contributed by atoms with van der Waals surface area (Å²) in [6, 6.07) is 15.7. The second kappa shape index (κ2) is 7.18. The second-order valence-electron chi connectivity index (χ2n) is 6.95. The van der Waals surface area contributed by atoms with E-state index in [1.165, 1.54) is 11.3 Å². The molecule has 0 spiro atoms. The molecule has 0 radical (unpaired) electrons. The first-order chi connectivity index (χ1) is 11.9. The van der Waals surface area contributed by atoms with E-state index in [0.717, 1.165) is 5.56 Å². The molecular weight excluding hydrogens is 332 g/mol. The first-order valence-corrected chi connectivity index (χ1v) is 10.2. The minimum absolute atomic E-state index is 0.390. The first kappa shape index (κ1) is 18.0. The van der Waals surface area contributed by atoms with Gasteiger partial charge in [-0.2, -0.15) is 4.31 Å². The molecule has 2 aromatic rings. The van der Waals surface area contributed by atoms with Gasteiger partial charge < -0.3 is 4.90 Å². The summed E-state index contributed by atoms with van der Waals surface area (Å²) in [7, 11) is -3.41. The van der Waals surface area contributed by atoms with Gasteiger partial charge in [0.25, 0.3) is 0 Å². The van der Waals surface area contributed by atoms with E-state index >= 15 is 0 Å². The molecule has 1 aliphatic heterocycles. The zero-order valence-electron chi connectivity index (χ0n) is 15.1. The number of piperazine rings is 1. The van der Waals surface area contributed by atoms with Crippen molar-refractivity contribution in [2.75, 3.05) is 31.1 Å². The summed E-state index contributed by atoms with van der Waals surface area (Å²) in [6.45, 7) is 8.75. The Bertz CT molecular complexity index is 821. The zero-order chi connectivity index (χ0) is 18.0. The summed E-state index contributed by atoms with van der Waals surface area (Å²) in [5, 5.41) is 0. The number of hydrogen-bond acceptors (Lipinski definition) is 3. The lowest BCUT2D eigenvalue weighted by Crippen LogP contribution is -2.48. The third-order valence-electron chi connectivity index (χ3n) is 4.79. The van der Waals surface area contributed by atoms with Crippen LogP contribution in [-0.4, -0.2) is 38.9 Å². The van der Waals surface area contributed by atoms with Gasteiger partial charge >= 0.3 is 0 Å². The van der Waals surface area contributed by atoms with Crippen LogP contribution in [0.15, 0.2) is 53.4 Å². The smallest absolute Gasteiger partial charge is 0.243 e. The maximum atomic E-state index is 12.9. The van der Waals surface area contributed by atoms with Gasteiger partial charge in [0.05, 0.1) is 4.90 Å². The van der Waals surface area contributed by atoms with Crippen molar-refractivity contribution in [3.63, 3.8) is 0 Å². The topological polar surface area (TPSA) is 40.6 Å². The summed E-state index contributed by atoms with van der Waals surface area (Å²) in [4.78, 5) is 2.64. The molecule has 1 fully saturated rings. The van der Waals surface area contributed by atoms with E-state index in [2.05, 4.69) is 43.9 Å². The van der Waals surface area contributed by atoms with Gasteiger partial charge in [0.2, 0.25) is 10.0 Å². The monoisotopic (exact) mass is 358 g/mol. The molecular formula is C20H26N2O2S. The molecule has 0 saturated carbocycles. The van der Waals surface area contributed by atoms with Crippen molar-refractivity contribution in [1.82, 2.24) is 4.31 Å². The quantitative estimate of drug-likeness (QED) is 0.838. The molecule has 1 heterocycles. The van der Waals surface area contributed by atoms with Gasteiger partial charge in [0.1, 0.15) is 0 Å². The van der Waals surface area contributed by atoms with Crippen LogP contribution in [0, 0.1) is 6.92 Å². The molecule has 0 bridgehead atoms. The van der Waals surface area contributed by atoms with Crippen molar-refractivity contribution in [2.45, 2.75) is 31.6 Å². The van der Waals surface area contributed by atoms with E-state index in [9.17, 15) is 8.42 Å². The van der Waals surface area contributed by atoms with Crippen molar-refractivity contribution in [1.29, 1.82) is 0 Å². The van der Waals surface area contributed by atoms with Gasteiger partial charge in [0, 0.05) is 31.9 Å². The highest BCUT2D eigenvalue weighted by Crippen LogP contribution is 2.23. The van der Waals surface area contributed by atoms with Crippen LogP contribution in [0.4, 0.5) is 5.69 Å². The number of sulfonamides is 1. The largest absolute Gasteiger partial charge is 0.369 e. The van der Waals surface area contributed by atoms with Crippen LogP contribution in [0.2, 0.25) is 0 Å². The van der Waals surface area contributed by atoms with Crippen LogP contribution >= 0.6 is 0 Å². The first-order valence-electron chi connectivity index (χ1n) is 8.79. The molecule has 2 aromatic carbocycles. The second-order valence-corrected chi connectivity index (χ2v) is 8.89. The van der Waals surface area contributed by atoms with E-state index in [1.54, 1.807) is 16.4 Å². The van der Waals surface area contributed by atoms with Gasteiger partial charge in [-0.25, -0.2) is 8.42 Å². The Labute approximate surface area is 151 Å². The Morgan fingerprint density at radius 3 is 2.12 bits per heavy atom. The maximum Gasteiger partial charge on any atom is 0.243 e. The fourth-order valence-corrected chi connectivity index (χ4v) is 4.61. The molecule has 0 aromatic heterocycles. The van der Waals surface area contributed by atoms with E-state index in [0.29, 0.717) is 37.0 Å². The van der Waals surface area contributed by atoms with Crippen molar-refractivity contribution in [3.8, 4) is 0 Å². The number of aryl methyl sites for hydroxylation is 1.